The highest BCUT2D eigenvalue weighted by molar-refractivity contribution is 7.91. The Bertz CT molecular complexity index is 1480. The third-order valence-corrected chi connectivity index (χ3v) is 9.51. The molecule has 2 aromatic carbocycles. The van der Waals surface area contributed by atoms with Gasteiger partial charge in [-0.25, -0.2) is 27.2 Å². The van der Waals surface area contributed by atoms with E-state index in [1.54, 1.807) is 17.0 Å². The lowest BCUT2D eigenvalue weighted by Gasteiger charge is -2.44. The summed E-state index contributed by atoms with van der Waals surface area (Å²) >= 11 is 0. The zero-order valence-electron chi connectivity index (χ0n) is 26.8. The number of halogens is 1. The average molecular weight is 647 g/mol. The van der Waals surface area contributed by atoms with Crippen molar-refractivity contribution in [2.75, 3.05) is 49.7 Å². The van der Waals surface area contributed by atoms with E-state index in [0.717, 1.165) is 11.6 Å². The predicted molar refractivity (Wildman–Crippen MR) is 168 cm³/mol. The molecule has 0 N–H and O–H groups in total. The van der Waals surface area contributed by atoms with Crippen molar-refractivity contribution in [3.05, 3.63) is 65.0 Å². The molecule has 0 radical (unpaired) electrons. The third-order valence-electron chi connectivity index (χ3n) is 7.90. The Balaban J connectivity index is 1.51. The maximum absolute atomic E-state index is 15.1. The Hall–Kier alpha value is -3.71. The number of nitrogens with zero attached hydrogens (tertiary/aromatic N) is 4. The van der Waals surface area contributed by atoms with Crippen LogP contribution < -0.4 is 4.90 Å². The number of esters is 1. The molecular weight excluding hydrogens is 603 g/mol. The standard InChI is InChI=1S/C32H43FN4O7S/c1-22-18-34(19-23(2)37(22)31(40)44-32(3,4)5)20-24-7-11-27(12-8-24)36(30(39)35-13-15-45(41,42)16-14-35)21-26-10-9-25(17-28(26)33)29(38)43-6/h7-12,17,22-23H,13-16,18-21H2,1-6H3/t22-,23?/m0/s1. The molecule has 2 fully saturated rings. The molecule has 45 heavy (non-hydrogen) atoms. The first kappa shape index (κ1) is 34.2. The average Bonchev–Trinajstić information content (AvgIpc) is 2.95. The van der Waals surface area contributed by atoms with E-state index in [0.29, 0.717) is 25.3 Å². The van der Waals surface area contributed by atoms with E-state index in [1.807, 2.05) is 46.8 Å². The van der Waals surface area contributed by atoms with Crippen molar-refractivity contribution in [3.8, 4) is 0 Å². The Morgan fingerprint density at radius 3 is 2.11 bits per heavy atom. The van der Waals surface area contributed by atoms with Crippen LogP contribution in [-0.4, -0.2) is 104 Å². The molecule has 11 nitrogen and oxygen atoms in total. The summed E-state index contributed by atoms with van der Waals surface area (Å²) in [5.41, 5.74) is 1.18. The molecule has 1 unspecified atom stereocenters. The summed E-state index contributed by atoms with van der Waals surface area (Å²) in [6, 6.07) is 10.8. The van der Waals surface area contributed by atoms with Crippen LogP contribution >= 0.6 is 0 Å². The molecule has 2 heterocycles. The van der Waals surface area contributed by atoms with Gasteiger partial charge in [0.1, 0.15) is 11.4 Å². The number of hydrogen-bond donors (Lipinski definition) is 0. The van der Waals surface area contributed by atoms with Gasteiger partial charge in [0.05, 0.1) is 30.7 Å². The number of benzene rings is 2. The molecular formula is C32H43FN4O7S. The van der Waals surface area contributed by atoms with Crippen molar-refractivity contribution >= 4 is 33.6 Å². The first-order valence-electron chi connectivity index (χ1n) is 15.0. The first-order chi connectivity index (χ1) is 21.1. The molecule has 0 aromatic heterocycles. The monoisotopic (exact) mass is 646 g/mol. The van der Waals surface area contributed by atoms with E-state index < -0.39 is 33.3 Å². The quantitative estimate of drug-likeness (QED) is 0.427. The van der Waals surface area contributed by atoms with E-state index in [4.69, 9.17) is 4.74 Å². The summed E-state index contributed by atoms with van der Waals surface area (Å²) < 4.78 is 49.4. The molecule has 4 rings (SSSR count). The van der Waals surface area contributed by atoms with Crippen LogP contribution in [0.1, 0.15) is 56.1 Å². The lowest BCUT2D eigenvalue weighted by atomic mass is 10.1. The van der Waals surface area contributed by atoms with Gasteiger partial charge in [0.15, 0.2) is 9.84 Å². The summed E-state index contributed by atoms with van der Waals surface area (Å²) in [6.45, 7) is 11.5. The van der Waals surface area contributed by atoms with Gasteiger partial charge in [-0.2, -0.15) is 0 Å². The predicted octanol–water partition coefficient (Wildman–Crippen LogP) is 4.30. The summed E-state index contributed by atoms with van der Waals surface area (Å²) in [4.78, 5) is 45.3. The fraction of sp³-hybridized carbons (Fsp3) is 0.531. The van der Waals surface area contributed by atoms with Crippen LogP contribution in [0.2, 0.25) is 0 Å². The topological polar surface area (TPSA) is 117 Å². The highest BCUT2D eigenvalue weighted by atomic mass is 32.2. The number of carbonyl (C=O) groups is 3. The molecule has 2 aliphatic heterocycles. The first-order valence-corrected chi connectivity index (χ1v) is 16.8. The third kappa shape index (κ3) is 8.72. The Labute approximate surface area is 264 Å². The number of methoxy groups -OCH3 is 1. The number of ether oxygens (including phenoxy) is 2. The van der Waals surface area contributed by atoms with Crippen molar-refractivity contribution < 1.29 is 36.7 Å². The summed E-state index contributed by atoms with van der Waals surface area (Å²) in [5, 5.41) is 0. The van der Waals surface area contributed by atoms with Crippen LogP contribution in [0.25, 0.3) is 0 Å². The van der Waals surface area contributed by atoms with Gasteiger partial charge in [-0.1, -0.05) is 18.2 Å². The van der Waals surface area contributed by atoms with Crippen molar-refractivity contribution in [3.63, 3.8) is 0 Å². The molecule has 3 amide bonds. The lowest BCUT2D eigenvalue weighted by molar-refractivity contribution is -0.0162. The maximum Gasteiger partial charge on any atom is 0.410 e. The SMILES string of the molecule is COC(=O)c1ccc(CN(C(=O)N2CCS(=O)(=O)CC2)c2ccc(CN3CC(C)N(C(=O)OC(C)(C)C)[C@@H](C)C3)cc2)c(F)c1. The maximum atomic E-state index is 15.1. The smallest absolute Gasteiger partial charge is 0.410 e. The van der Waals surface area contributed by atoms with Gasteiger partial charge < -0.3 is 19.3 Å². The molecule has 2 saturated heterocycles. The molecule has 2 aliphatic rings. The fourth-order valence-corrected chi connectivity index (χ4v) is 6.91. The molecule has 2 atom stereocenters. The van der Waals surface area contributed by atoms with E-state index in [1.165, 1.54) is 29.0 Å². The number of rotatable bonds is 6. The highest BCUT2D eigenvalue weighted by Gasteiger charge is 2.35. The van der Waals surface area contributed by atoms with Crippen LogP contribution in [0.4, 0.5) is 19.7 Å². The number of carbonyl (C=O) groups excluding carboxylic acids is 3. The van der Waals surface area contributed by atoms with Crippen LogP contribution in [-0.2, 0) is 32.4 Å². The molecule has 0 spiro atoms. The van der Waals surface area contributed by atoms with Crippen LogP contribution in [0.15, 0.2) is 42.5 Å². The summed E-state index contributed by atoms with van der Waals surface area (Å²) in [6.07, 6.45) is -0.320. The number of anilines is 1. The van der Waals surface area contributed by atoms with Crippen molar-refractivity contribution in [2.45, 2.75) is 65.4 Å². The minimum atomic E-state index is -3.21. The molecule has 0 aliphatic carbocycles. The number of amides is 3. The van der Waals surface area contributed by atoms with E-state index >= 15 is 4.39 Å². The number of urea groups is 1. The number of sulfone groups is 1. The van der Waals surface area contributed by atoms with Gasteiger partial charge in [-0.3, -0.25) is 9.80 Å². The van der Waals surface area contributed by atoms with Crippen molar-refractivity contribution in [2.24, 2.45) is 0 Å². The Kier molecular flexibility index (Phi) is 10.4. The number of hydrogen-bond acceptors (Lipinski definition) is 8. The fourth-order valence-electron chi connectivity index (χ4n) is 5.71. The van der Waals surface area contributed by atoms with Gasteiger partial charge in [-0.15, -0.1) is 0 Å². The van der Waals surface area contributed by atoms with Gasteiger partial charge in [0.25, 0.3) is 0 Å². The second kappa shape index (κ2) is 13.7. The van der Waals surface area contributed by atoms with Crippen molar-refractivity contribution in [1.82, 2.24) is 14.7 Å². The molecule has 0 saturated carbocycles. The summed E-state index contributed by atoms with van der Waals surface area (Å²) in [5.74, 6) is -1.60. The van der Waals surface area contributed by atoms with Gasteiger partial charge in [0, 0.05) is 56.1 Å². The van der Waals surface area contributed by atoms with E-state index in [2.05, 4.69) is 9.64 Å². The Morgan fingerprint density at radius 2 is 1.58 bits per heavy atom. The lowest BCUT2D eigenvalue weighted by Crippen LogP contribution is -2.59. The molecule has 246 valence electrons. The van der Waals surface area contributed by atoms with E-state index in [-0.39, 0.29) is 60.4 Å². The minimum Gasteiger partial charge on any atom is -0.465 e. The van der Waals surface area contributed by atoms with Crippen molar-refractivity contribution in [1.29, 1.82) is 0 Å². The van der Waals surface area contributed by atoms with Crippen LogP contribution in [0, 0.1) is 5.82 Å². The minimum absolute atomic E-state index is 0.0468. The van der Waals surface area contributed by atoms with Crippen LogP contribution in [0.3, 0.4) is 0 Å². The Morgan fingerprint density at radius 1 is 0.978 bits per heavy atom. The molecule has 0 bridgehead atoms. The van der Waals surface area contributed by atoms with Crippen LogP contribution in [0.5, 0.6) is 0 Å². The number of piperazine rings is 1. The zero-order chi connectivity index (χ0) is 33.1. The van der Waals surface area contributed by atoms with E-state index in [9.17, 15) is 22.8 Å². The van der Waals surface area contributed by atoms with Gasteiger partial charge in [-0.05, 0) is 64.4 Å². The van der Waals surface area contributed by atoms with Gasteiger partial charge in [0.2, 0.25) is 0 Å². The largest absolute Gasteiger partial charge is 0.465 e. The second-order valence-electron chi connectivity index (χ2n) is 12.8. The molecule has 2 aromatic rings. The molecule has 13 heteroatoms. The van der Waals surface area contributed by atoms with Gasteiger partial charge >= 0.3 is 18.1 Å². The highest BCUT2D eigenvalue weighted by Crippen LogP contribution is 2.25. The normalized spacial score (nSPS) is 20.4. The zero-order valence-corrected chi connectivity index (χ0v) is 27.6. The second-order valence-corrected chi connectivity index (χ2v) is 15.1. The summed E-state index contributed by atoms with van der Waals surface area (Å²) in [7, 11) is -2.00.